The van der Waals surface area contributed by atoms with Crippen molar-refractivity contribution >= 4 is 17.4 Å². The van der Waals surface area contributed by atoms with Gasteiger partial charge in [0.2, 0.25) is 12.7 Å². The molecule has 7 nitrogen and oxygen atoms in total. The number of fused-ring (bicyclic) bond motifs is 1. The Balaban J connectivity index is 1.28. The third-order valence-electron chi connectivity index (χ3n) is 6.05. The Bertz CT molecular complexity index is 979. The molecular formula is C25H31N3O4. The molecule has 170 valence electrons. The summed E-state index contributed by atoms with van der Waals surface area (Å²) < 4.78 is 10.7. The first kappa shape index (κ1) is 22.3. The van der Waals surface area contributed by atoms with Crippen LogP contribution in [0.5, 0.6) is 11.5 Å². The third kappa shape index (κ3) is 5.29. The molecule has 0 aromatic heterocycles. The van der Waals surface area contributed by atoms with Gasteiger partial charge in [-0.1, -0.05) is 38.1 Å². The molecule has 0 unspecified atom stereocenters. The number of amides is 1. The lowest BCUT2D eigenvalue weighted by Gasteiger charge is -2.34. The number of benzene rings is 2. The zero-order chi connectivity index (χ0) is 22.7. The second-order valence-corrected chi connectivity index (χ2v) is 8.80. The molecule has 1 N–H and O–H groups in total. The second-order valence-electron chi connectivity index (χ2n) is 8.80. The first-order valence-electron chi connectivity index (χ1n) is 11.2. The van der Waals surface area contributed by atoms with Crippen molar-refractivity contribution in [2.45, 2.75) is 33.2 Å². The van der Waals surface area contributed by atoms with E-state index in [9.17, 15) is 9.59 Å². The quantitative estimate of drug-likeness (QED) is 0.669. The number of rotatable bonds is 7. The molecule has 32 heavy (non-hydrogen) atoms. The highest BCUT2D eigenvalue weighted by Crippen LogP contribution is 2.37. The van der Waals surface area contributed by atoms with Crippen molar-refractivity contribution in [2.75, 3.05) is 44.8 Å². The standard InChI is InChI=1S/C25H31N3O4/c1-17(2)20-6-4-19(5-7-20)14-27-8-10-28(11-9-27)15-25(30)26-22-13-24-23(31-16-32-24)12-21(22)18(3)29/h4-7,12-13,17H,8-11,14-16H2,1-3H3,(H,26,30). The number of piperazine rings is 1. The van der Waals surface area contributed by atoms with Gasteiger partial charge in [-0.15, -0.1) is 0 Å². The maximum Gasteiger partial charge on any atom is 0.238 e. The van der Waals surface area contributed by atoms with Gasteiger partial charge in [-0.05, 0) is 30.0 Å². The molecule has 1 fully saturated rings. The van der Waals surface area contributed by atoms with Crippen LogP contribution < -0.4 is 14.8 Å². The first-order valence-corrected chi connectivity index (χ1v) is 11.2. The fourth-order valence-corrected chi connectivity index (χ4v) is 4.10. The van der Waals surface area contributed by atoms with E-state index in [1.165, 1.54) is 18.1 Å². The number of nitrogens with one attached hydrogen (secondary N) is 1. The summed E-state index contributed by atoms with van der Waals surface area (Å²) in [6.07, 6.45) is 0. The van der Waals surface area contributed by atoms with Crippen molar-refractivity contribution in [1.29, 1.82) is 0 Å². The van der Waals surface area contributed by atoms with E-state index in [1.54, 1.807) is 12.1 Å². The molecule has 1 saturated heterocycles. The third-order valence-corrected chi connectivity index (χ3v) is 6.05. The number of hydrogen-bond donors (Lipinski definition) is 1. The van der Waals surface area contributed by atoms with Crippen molar-refractivity contribution in [1.82, 2.24) is 9.80 Å². The smallest absolute Gasteiger partial charge is 0.238 e. The van der Waals surface area contributed by atoms with Gasteiger partial charge in [-0.3, -0.25) is 19.4 Å². The molecule has 4 rings (SSSR count). The summed E-state index contributed by atoms with van der Waals surface area (Å²) >= 11 is 0. The Morgan fingerprint density at radius 1 is 0.969 bits per heavy atom. The molecule has 0 spiro atoms. The topological polar surface area (TPSA) is 71.1 Å². The van der Waals surface area contributed by atoms with Crippen molar-refractivity contribution in [3.8, 4) is 11.5 Å². The number of ketones is 1. The summed E-state index contributed by atoms with van der Waals surface area (Å²) in [4.78, 5) is 29.2. The van der Waals surface area contributed by atoms with Crippen LogP contribution in [0.2, 0.25) is 0 Å². The summed E-state index contributed by atoms with van der Waals surface area (Å²) in [5.74, 6) is 1.35. The normalized spacial score (nSPS) is 16.4. The van der Waals surface area contributed by atoms with Crippen LogP contribution in [-0.2, 0) is 11.3 Å². The van der Waals surface area contributed by atoms with Crippen molar-refractivity contribution < 1.29 is 19.1 Å². The molecule has 2 aliphatic heterocycles. The number of carbonyl (C=O) groups is 2. The summed E-state index contributed by atoms with van der Waals surface area (Å²) in [6.45, 7) is 10.7. The summed E-state index contributed by atoms with van der Waals surface area (Å²) in [5, 5.41) is 2.88. The van der Waals surface area contributed by atoms with E-state index in [0.29, 0.717) is 35.2 Å². The Kier molecular flexibility index (Phi) is 6.77. The van der Waals surface area contributed by atoms with Gasteiger partial charge < -0.3 is 14.8 Å². The first-order chi connectivity index (χ1) is 15.4. The maximum absolute atomic E-state index is 12.7. The average molecular weight is 438 g/mol. The Hall–Kier alpha value is -2.90. The zero-order valence-corrected chi connectivity index (χ0v) is 19.0. The molecule has 2 heterocycles. The van der Waals surface area contributed by atoms with E-state index in [0.717, 1.165) is 32.7 Å². The second kappa shape index (κ2) is 9.71. The molecular weight excluding hydrogens is 406 g/mol. The van der Waals surface area contributed by atoms with Crippen LogP contribution in [-0.4, -0.2) is 61.0 Å². The number of carbonyl (C=O) groups excluding carboxylic acids is 2. The van der Waals surface area contributed by atoms with Gasteiger partial charge in [-0.2, -0.15) is 0 Å². The van der Waals surface area contributed by atoms with Gasteiger partial charge in [0.25, 0.3) is 0 Å². The van der Waals surface area contributed by atoms with Gasteiger partial charge in [0.05, 0.1) is 12.2 Å². The number of anilines is 1. The summed E-state index contributed by atoms with van der Waals surface area (Å²) in [6, 6.07) is 12.2. The Morgan fingerprint density at radius 3 is 2.22 bits per heavy atom. The number of ether oxygens (including phenoxy) is 2. The minimum atomic E-state index is -0.135. The van der Waals surface area contributed by atoms with Crippen LogP contribution in [0.3, 0.4) is 0 Å². The summed E-state index contributed by atoms with van der Waals surface area (Å²) in [7, 11) is 0. The van der Waals surface area contributed by atoms with Crippen molar-refractivity contribution in [3.63, 3.8) is 0 Å². The monoisotopic (exact) mass is 437 g/mol. The van der Waals surface area contributed by atoms with Gasteiger partial charge in [0, 0.05) is 44.4 Å². The number of nitrogens with zero attached hydrogens (tertiary/aromatic N) is 2. The summed E-state index contributed by atoms with van der Waals surface area (Å²) in [5.41, 5.74) is 3.58. The predicted molar refractivity (Wildman–Crippen MR) is 123 cm³/mol. The highest BCUT2D eigenvalue weighted by atomic mass is 16.7. The lowest BCUT2D eigenvalue weighted by Crippen LogP contribution is -2.48. The Labute approximate surface area is 189 Å². The minimum Gasteiger partial charge on any atom is -0.454 e. The van der Waals surface area contributed by atoms with Gasteiger partial charge in [0.1, 0.15) is 0 Å². The van der Waals surface area contributed by atoms with E-state index >= 15 is 0 Å². The molecule has 0 radical (unpaired) electrons. The molecule has 0 aliphatic carbocycles. The van der Waals surface area contributed by atoms with E-state index in [4.69, 9.17) is 9.47 Å². The van der Waals surface area contributed by atoms with Crippen LogP contribution in [0.15, 0.2) is 36.4 Å². The van der Waals surface area contributed by atoms with Crippen LogP contribution in [0, 0.1) is 0 Å². The van der Waals surface area contributed by atoms with Gasteiger partial charge >= 0.3 is 0 Å². The van der Waals surface area contributed by atoms with Gasteiger partial charge in [0.15, 0.2) is 17.3 Å². The largest absolute Gasteiger partial charge is 0.454 e. The molecule has 2 aromatic carbocycles. The van der Waals surface area contributed by atoms with Crippen LogP contribution in [0.25, 0.3) is 0 Å². The molecule has 2 aromatic rings. The van der Waals surface area contributed by atoms with Crippen molar-refractivity contribution in [2.24, 2.45) is 0 Å². The fraction of sp³-hybridized carbons (Fsp3) is 0.440. The van der Waals surface area contributed by atoms with Crippen LogP contribution in [0.1, 0.15) is 48.2 Å². The fourth-order valence-electron chi connectivity index (χ4n) is 4.10. The molecule has 2 aliphatic rings. The number of Topliss-reactive ketones (excluding diaryl/α,β-unsaturated/α-hetero) is 1. The minimum absolute atomic E-state index is 0.121. The average Bonchev–Trinajstić information content (AvgIpc) is 3.22. The van der Waals surface area contributed by atoms with Gasteiger partial charge in [-0.25, -0.2) is 0 Å². The molecule has 7 heteroatoms. The van der Waals surface area contributed by atoms with Crippen molar-refractivity contribution in [3.05, 3.63) is 53.1 Å². The van der Waals surface area contributed by atoms with Crippen LogP contribution >= 0.6 is 0 Å². The number of hydrogen-bond acceptors (Lipinski definition) is 6. The molecule has 1 amide bonds. The molecule has 0 saturated carbocycles. The molecule has 0 bridgehead atoms. The Morgan fingerprint density at radius 2 is 1.59 bits per heavy atom. The SMILES string of the molecule is CC(=O)c1cc2c(cc1NC(=O)CN1CCN(Cc3ccc(C(C)C)cc3)CC1)OCO2. The lowest BCUT2D eigenvalue weighted by atomic mass is 10.0. The zero-order valence-electron chi connectivity index (χ0n) is 19.0. The molecule has 0 atom stereocenters. The highest BCUT2D eigenvalue weighted by Gasteiger charge is 2.22. The lowest BCUT2D eigenvalue weighted by molar-refractivity contribution is -0.117. The van der Waals surface area contributed by atoms with E-state index in [1.807, 2.05) is 0 Å². The van der Waals surface area contributed by atoms with E-state index < -0.39 is 0 Å². The highest BCUT2D eigenvalue weighted by molar-refractivity contribution is 6.05. The maximum atomic E-state index is 12.7. The predicted octanol–water partition coefficient (Wildman–Crippen LogP) is 3.50. The van der Waals surface area contributed by atoms with E-state index in [2.05, 4.69) is 53.2 Å². The van der Waals surface area contributed by atoms with Crippen LogP contribution in [0.4, 0.5) is 5.69 Å². The van der Waals surface area contributed by atoms with E-state index in [-0.39, 0.29) is 18.5 Å².